The molecule has 2 aromatic heterocycles. The lowest BCUT2D eigenvalue weighted by Crippen LogP contribution is -2.52. The summed E-state index contributed by atoms with van der Waals surface area (Å²) in [6, 6.07) is -1.23. The molecular formula is C20H27F3N4O5S. The molecule has 1 amide bonds. The molecule has 33 heavy (non-hydrogen) atoms. The highest BCUT2D eigenvalue weighted by Crippen LogP contribution is 2.52. The molecule has 1 fully saturated rings. The molecule has 2 atom stereocenters. The fraction of sp³-hybridized carbons (Fsp3) is 0.650. The van der Waals surface area contributed by atoms with Crippen LogP contribution in [0.15, 0.2) is 9.59 Å². The first-order valence-electron chi connectivity index (χ1n) is 10.3. The summed E-state index contributed by atoms with van der Waals surface area (Å²) in [5.41, 5.74) is 1.01. The normalized spacial score (nSPS) is 18.7. The summed E-state index contributed by atoms with van der Waals surface area (Å²) in [6.07, 6.45) is -5.99. The van der Waals surface area contributed by atoms with Crippen LogP contribution in [0.2, 0.25) is 0 Å². The number of nitrogens with zero attached hydrogens (tertiary/aromatic N) is 3. The summed E-state index contributed by atoms with van der Waals surface area (Å²) in [5.74, 6) is -1.73. The summed E-state index contributed by atoms with van der Waals surface area (Å²) in [4.78, 5) is 38.8. The maximum atomic E-state index is 13.2. The zero-order valence-corrected chi connectivity index (χ0v) is 19.8. The molecule has 2 unspecified atom stereocenters. The molecule has 0 spiro atoms. The second kappa shape index (κ2) is 8.76. The largest absolute Gasteiger partial charge is 0.464 e. The van der Waals surface area contributed by atoms with E-state index in [-0.39, 0.29) is 31.5 Å². The summed E-state index contributed by atoms with van der Waals surface area (Å²) in [7, 11) is 1.43. The molecule has 1 aliphatic rings. The van der Waals surface area contributed by atoms with Gasteiger partial charge in [0.25, 0.3) is 5.56 Å². The van der Waals surface area contributed by atoms with Gasteiger partial charge in [0.2, 0.25) is 0 Å². The van der Waals surface area contributed by atoms with Crippen LogP contribution >= 0.6 is 11.3 Å². The van der Waals surface area contributed by atoms with E-state index < -0.39 is 41.0 Å². The van der Waals surface area contributed by atoms with Crippen LogP contribution in [-0.2, 0) is 17.8 Å². The number of carboxylic acid groups (broad SMARTS) is 1. The Hall–Kier alpha value is -2.38. The van der Waals surface area contributed by atoms with Gasteiger partial charge in [0.15, 0.2) is 0 Å². The maximum Gasteiger partial charge on any atom is 0.422 e. The van der Waals surface area contributed by atoms with Crippen LogP contribution in [0, 0.1) is 12.8 Å². The highest BCUT2D eigenvalue weighted by atomic mass is 32.1. The molecule has 0 aromatic carbocycles. The summed E-state index contributed by atoms with van der Waals surface area (Å²) in [5, 5.41) is 10.7. The van der Waals surface area contributed by atoms with E-state index in [1.807, 2.05) is 0 Å². The Morgan fingerprint density at radius 2 is 1.94 bits per heavy atom. The molecule has 0 bridgehead atoms. The van der Waals surface area contributed by atoms with E-state index in [0.717, 1.165) is 16.3 Å². The molecule has 9 nitrogen and oxygen atoms in total. The van der Waals surface area contributed by atoms with Gasteiger partial charge in [-0.25, -0.2) is 20.0 Å². The van der Waals surface area contributed by atoms with Crippen LogP contribution in [0.4, 0.5) is 18.0 Å². The van der Waals surface area contributed by atoms with Gasteiger partial charge in [0, 0.05) is 12.0 Å². The Balaban J connectivity index is 2.11. The van der Waals surface area contributed by atoms with E-state index >= 15 is 0 Å². The van der Waals surface area contributed by atoms with Crippen LogP contribution in [0.25, 0.3) is 10.2 Å². The van der Waals surface area contributed by atoms with E-state index in [1.165, 1.54) is 11.7 Å². The predicted molar refractivity (Wildman–Crippen MR) is 117 cm³/mol. The zero-order chi connectivity index (χ0) is 24.9. The van der Waals surface area contributed by atoms with E-state index in [0.29, 0.717) is 19.8 Å². The third kappa shape index (κ3) is 4.80. The second-order valence-corrected chi connectivity index (χ2v) is 10.1. The van der Waals surface area contributed by atoms with Crippen molar-refractivity contribution in [2.45, 2.75) is 65.0 Å². The molecule has 2 heterocycles. The molecule has 0 radical (unpaired) electrons. The van der Waals surface area contributed by atoms with E-state index in [2.05, 4.69) is 5.43 Å². The number of thiophene rings is 1. The molecule has 3 rings (SSSR count). The van der Waals surface area contributed by atoms with Crippen molar-refractivity contribution in [3.05, 3.63) is 31.3 Å². The molecule has 184 valence electrons. The topological polar surface area (TPSA) is 106 Å². The number of aryl methyl sites for hydroxylation is 1. The lowest BCUT2D eigenvalue weighted by atomic mass is 10.1. The van der Waals surface area contributed by atoms with Crippen molar-refractivity contribution in [1.82, 2.24) is 19.6 Å². The fourth-order valence-corrected chi connectivity index (χ4v) is 5.06. The second-order valence-electron chi connectivity index (χ2n) is 9.01. The number of amides is 1. The SMILES string of the molecule is COCCn1c(=O)n(C2CC2C(F)(F)F)c(=O)c2c(C)c(CNN(C(=O)O)C(C)(C)C)sc21. The molecule has 1 saturated carbocycles. The monoisotopic (exact) mass is 492 g/mol. The van der Waals surface area contributed by atoms with Gasteiger partial charge in [-0.15, -0.1) is 11.3 Å². The van der Waals surface area contributed by atoms with E-state index in [1.54, 1.807) is 27.7 Å². The van der Waals surface area contributed by atoms with Crippen molar-refractivity contribution >= 4 is 27.6 Å². The minimum Gasteiger partial charge on any atom is -0.464 e. The number of alkyl halides is 3. The molecule has 0 saturated heterocycles. The van der Waals surface area contributed by atoms with Gasteiger partial charge in [-0.3, -0.25) is 13.9 Å². The van der Waals surface area contributed by atoms with Crippen molar-refractivity contribution in [3.63, 3.8) is 0 Å². The van der Waals surface area contributed by atoms with Crippen molar-refractivity contribution < 1.29 is 27.8 Å². The Kier molecular flexibility index (Phi) is 6.70. The number of aromatic nitrogens is 2. The number of carbonyl (C=O) groups is 1. The van der Waals surface area contributed by atoms with Crippen molar-refractivity contribution in [1.29, 1.82) is 0 Å². The van der Waals surface area contributed by atoms with Gasteiger partial charge in [0.1, 0.15) is 4.83 Å². The third-order valence-electron chi connectivity index (χ3n) is 5.63. The number of halogens is 3. The van der Waals surface area contributed by atoms with Crippen LogP contribution in [0.1, 0.15) is 43.7 Å². The number of hydrazine groups is 1. The van der Waals surface area contributed by atoms with Gasteiger partial charge in [-0.05, 0) is 39.7 Å². The first kappa shape index (κ1) is 25.2. The highest BCUT2D eigenvalue weighted by molar-refractivity contribution is 7.18. The Morgan fingerprint density at radius 3 is 2.42 bits per heavy atom. The predicted octanol–water partition coefficient (Wildman–Crippen LogP) is 3.09. The molecule has 2 N–H and O–H groups in total. The number of fused-ring (bicyclic) bond motifs is 1. The number of rotatable bonds is 7. The maximum absolute atomic E-state index is 13.2. The lowest BCUT2D eigenvalue weighted by molar-refractivity contribution is -0.150. The molecule has 2 aromatic rings. The standard InChI is InChI=1S/C20H27F3N4O5S/c1-10-13(9-24-27(18(30)31)19(2,3)4)33-16-14(10)15(28)26(12-8-11(12)20(21,22)23)17(29)25(16)6-7-32-5/h11-12,24H,6-9H2,1-5H3,(H,30,31). The smallest absolute Gasteiger partial charge is 0.422 e. The van der Waals surface area contributed by atoms with Crippen LogP contribution in [0.3, 0.4) is 0 Å². The highest BCUT2D eigenvalue weighted by Gasteiger charge is 2.57. The number of hydrogen-bond acceptors (Lipinski definition) is 6. The van der Waals surface area contributed by atoms with Crippen LogP contribution < -0.4 is 16.7 Å². The van der Waals surface area contributed by atoms with Crippen LogP contribution in [-0.4, -0.2) is 50.8 Å². The quantitative estimate of drug-likeness (QED) is 0.576. The van der Waals surface area contributed by atoms with E-state index in [9.17, 15) is 32.7 Å². The van der Waals surface area contributed by atoms with Crippen molar-refractivity contribution in [2.75, 3.05) is 13.7 Å². The number of nitrogens with one attached hydrogen (secondary N) is 1. The summed E-state index contributed by atoms with van der Waals surface area (Å²) in [6.45, 7) is 7.01. The van der Waals surface area contributed by atoms with Gasteiger partial charge in [-0.1, -0.05) is 0 Å². The summed E-state index contributed by atoms with van der Waals surface area (Å²) >= 11 is 1.13. The van der Waals surface area contributed by atoms with Gasteiger partial charge < -0.3 is 9.84 Å². The molecule has 13 heteroatoms. The van der Waals surface area contributed by atoms with Crippen LogP contribution in [0.5, 0.6) is 0 Å². The number of hydrogen-bond donors (Lipinski definition) is 2. The minimum atomic E-state index is -4.49. The lowest BCUT2D eigenvalue weighted by Gasteiger charge is -2.33. The Morgan fingerprint density at radius 1 is 1.30 bits per heavy atom. The molecule has 1 aliphatic carbocycles. The summed E-state index contributed by atoms with van der Waals surface area (Å²) < 4.78 is 46.6. The third-order valence-corrected chi connectivity index (χ3v) is 6.94. The Bertz CT molecular complexity index is 1180. The minimum absolute atomic E-state index is 0.0568. The Labute approximate surface area is 191 Å². The average Bonchev–Trinajstić information content (AvgIpc) is 3.39. The number of ether oxygens (including phenoxy) is 1. The van der Waals surface area contributed by atoms with Crippen molar-refractivity contribution in [3.8, 4) is 0 Å². The van der Waals surface area contributed by atoms with Gasteiger partial charge >= 0.3 is 18.0 Å². The molecule has 0 aliphatic heterocycles. The van der Waals surface area contributed by atoms with Crippen molar-refractivity contribution in [2.24, 2.45) is 5.92 Å². The van der Waals surface area contributed by atoms with E-state index in [4.69, 9.17) is 4.74 Å². The van der Waals surface area contributed by atoms with Gasteiger partial charge in [-0.2, -0.15) is 13.2 Å². The number of methoxy groups -OCH3 is 1. The van der Waals surface area contributed by atoms with Gasteiger partial charge in [0.05, 0.1) is 42.6 Å². The first-order valence-corrected chi connectivity index (χ1v) is 11.1. The average molecular weight is 493 g/mol. The fourth-order valence-electron chi connectivity index (χ4n) is 3.81. The first-order chi connectivity index (χ1) is 15.2. The molecular weight excluding hydrogens is 465 g/mol. The zero-order valence-electron chi connectivity index (χ0n) is 18.9.